The molecule has 0 aliphatic rings. The molecule has 19 heavy (non-hydrogen) atoms. The minimum atomic E-state index is -0.589. The van der Waals surface area contributed by atoms with Gasteiger partial charge in [-0.3, -0.25) is 19.3 Å². The van der Waals surface area contributed by atoms with Crippen LogP contribution in [-0.2, 0) is 19.4 Å². The van der Waals surface area contributed by atoms with Gasteiger partial charge in [-0.15, -0.1) is 0 Å². The molecule has 0 unspecified atom stereocenters. The number of hydrogen-bond acceptors (Lipinski definition) is 4. The van der Waals surface area contributed by atoms with E-state index in [1.165, 1.54) is 4.57 Å². The van der Waals surface area contributed by atoms with Gasteiger partial charge in [-0.25, -0.2) is 4.79 Å². The van der Waals surface area contributed by atoms with Crippen molar-refractivity contribution in [2.45, 2.75) is 26.3 Å². The molecule has 2 heterocycles. The van der Waals surface area contributed by atoms with Gasteiger partial charge in [0.15, 0.2) is 0 Å². The quantitative estimate of drug-likeness (QED) is 0.836. The summed E-state index contributed by atoms with van der Waals surface area (Å²) in [5, 5.41) is 9.96. The first-order valence-corrected chi connectivity index (χ1v) is 6.07. The van der Waals surface area contributed by atoms with Crippen molar-refractivity contribution in [3.05, 3.63) is 56.5 Å². The SMILES string of the molecule is CCc1c(O)n(CCc2ccncc2)c(=O)[nH]c1=O. The summed E-state index contributed by atoms with van der Waals surface area (Å²) in [6.07, 6.45) is 4.28. The highest BCUT2D eigenvalue weighted by Gasteiger charge is 2.12. The Labute approximate surface area is 109 Å². The van der Waals surface area contributed by atoms with Gasteiger partial charge in [0.1, 0.15) is 0 Å². The lowest BCUT2D eigenvalue weighted by molar-refractivity contribution is 0.393. The number of aromatic hydroxyl groups is 1. The fourth-order valence-electron chi connectivity index (χ4n) is 1.92. The molecule has 6 nitrogen and oxygen atoms in total. The predicted molar refractivity (Wildman–Crippen MR) is 70.3 cm³/mol. The van der Waals surface area contributed by atoms with E-state index in [0.29, 0.717) is 19.4 Å². The Morgan fingerprint density at radius 1 is 1.32 bits per heavy atom. The van der Waals surface area contributed by atoms with Crippen LogP contribution >= 0.6 is 0 Å². The van der Waals surface area contributed by atoms with Crippen LogP contribution in [0.25, 0.3) is 0 Å². The van der Waals surface area contributed by atoms with E-state index in [4.69, 9.17) is 0 Å². The summed E-state index contributed by atoms with van der Waals surface area (Å²) < 4.78 is 1.18. The first-order valence-electron chi connectivity index (χ1n) is 6.07. The standard InChI is InChI=1S/C13H15N3O3/c1-2-10-11(17)15-13(19)16(12(10)18)8-5-9-3-6-14-7-4-9/h3-4,6-7,18H,2,5,8H2,1H3,(H,15,17,19). The van der Waals surface area contributed by atoms with E-state index in [1.54, 1.807) is 19.3 Å². The van der Waals surface area contributed by atoms with Crippen LogP contribution < -0.4 is 11.2 Å². The Morgan fingerprint density at radius 3 is 2.63 bits per heavy atom. The number of aryl methyl sites for hydroxylation is 1. The lowest BCUT2D eigenvalue weighted by Crippen LogP contribution is -2.32. The zero-order valence-electron chi connectivity index (χ0n) is 10.6. The summed E-state index contributed by atoms with van der Waals surface area (Å²) in [6.45, 7) is 2.06. The summed E-state index contributed by atoms with van der Waals surface area (Å²) in [5.41, 5.74) is 0.124. The predicted octanol–water partition coefficient (Wildman–Crippen LogP) is 0.442. The third-order valence-electron chi connectivity index (χ3n) is 2.99. The van der Waals surface area contributed by atoms with Gasteiger partial charge in [0.2, 0.25) is 5.88 Å². The monoisotopic (exact) mass is 261 g/mol. The van der Waals surface area contributed by atoms with E-state index < -0.39 is 11.2 Å². The molecule has 0 aromatic carbocycles. The van der Waals surface area contributed by atoms with Crippen molar-refractivity contribution in [2.75, 3.05) is 0 Å². The number of pyridine rings is 1. The molecular formula is C13H15N3O3. The Hall–Kier alpha value is -2.37. The molecule has 2 aromatic heterocycles. The van der Waals surface area contributed by atoms with E-state index in [9.17, 15) is 14.7 Å². The zero-order valence-corrected chi connectivity index (χ0v) is 10.6. The number of nitrogens with one attached hydrogen (secondary N) is 1. The van der Waals surface area contributed by atoms with Crippen molar-refractivity contribution in [1.82, 2.24) is 14.5 Å². The highest BCUT2D eigenvalue weighted by Crippen LogP contribution is 2.11. The molecule has 0 spiro atoms. The first-order chi connectivity index (χ1) is 9.13. The second-order valence-electron chi connectivity index (χ2n) is 4.17. The van der Waals surface area contributed by atoms with Crippen molar-refractivity contribution in [1.29, 1.82) is 0 Å². The number of aromatic nitrogens is 3. The van der Waals surface area contributed by atoms with Crippen LogP contribution in [0, 0.1) is 0 Å². The van der Waals surface area contributed by atoms with E-state index in [0.717, 1.165) is 5.56 Å². The third-order valence-corrected chi connectivity index (χ3v) is 2.99. The highest BCUT2D eigenvalue weighted by atomic mass is 16.3. The van der Waals surface area contributed by atoms with Gasteiger partial charge < -0.3 is 5.11 Å². The molecule has 6 heteroatoms. The molecule has 0 saturated carbocycles. The molecule has 0 amide bonds. The summed E-state index contributed by atoms with van der Waals surface area (Å²) >= 11 is 0. The van der Waals surface area contributed by atoms with Crippen molar-refractivity contribution < 1.29 is 5.11 Å². The maximum absolute atomic E-state index is 11.7. The van der Waals surface area contributed by atoms with E-state index in [-0.39, 0.29) is 11.4 Å². The molecule has 100 valence electrons. The second-order valence-corrected chi connectivity index (χ2v) is 4.17. The Morgan fingerprint density at radius 2 is 2.00 bits per heavy atom. The number of H-pyrrole nitrogens is 1. The van der Waals surface area contributed by atoms with Crippen LogP contribution in [0.4, 0.5) is 0 Å². The van der Waals surface area contributed by atoms with E-state index in [1.807, 2.05) is 12.1 Å². The van der Waals surface area contributed by atoms with Crippen LogP contribution in [0.5, 0.6) is 5.88 Å². The number of nitrogens with zero attached hydrogens (tertiary/aromatic N) is 2. The largest absolute Gasteiger partial charge is 0.494 e. The summed E-state index contributed by atoms with van der Waals surface area (Å²) in [7, 11) is 0. The topological polar surface area (TPSA) is 88.0 Å². The van der Waals surface area contributed by atoms with Gasteiger partial charge >= 0.3 is 5.69 Å². The lowest BCUT2D eigenvalue weighted by Gasteiger charge is -2.10. The average molecular weight is 261 g/mol. The average Bonchev–Trinajstić information content (AvgIpc) is 2.39. The maximum atomic E-state index is 11.7. The van der Waals surface area contributed by atoms with Crippen LogP contribution in [0.1, 0.15) is 18.1 Å². The Bertz CT molecular complexity index is 674. The van der Waals surface area contributed by atoms with Gasteiger partial charge in [-0.05, 0) is 30.5 Å². The first kappa shape index (κ1) is 13.1. The molecule has 0 bridgehead atoms. The second kappa shape index (κ2) is 5.51. The molecule has 0 fully saturated rings. The molecule has 0 saturated heterocycles. The molecule has 0 aliphatic carbocycles. The van der Waals surface area contributed by atoms with Crippen molar-refractivity contribution >= 4 is 0 Å². The molecule has 2 rings (SSSR count). The number of rotatable bonds is 4. The fourth-order valence-corrected chi connectivity index (χ4v) is 1.92. The molecule has 0 radical (unpaired) electrons. The molecule has 2 aromatic rings. The van der Waals surface area contributed by atoms with Crippen molar-refractivity contribution in [3.8, 4) is 5.88 Å². The van der Waals surface area contributed by atoms with Gasteiger partial charge in [0.25, 0.3) is 5.56 Å². The minimum Gasteiger partial charge on any atom is -0.494 e. The maximum Gasteiger partial charge on any atom is 0.331 e. The normalized spacial score (nSPS) is 10.6. The molecule has 0 atom stereocenters. The van der Waals surface area contributed by atoms with Crippen LogP contribution in [-0.4, -0.2) is 19.6 Å². The van der Waals surface area contributed by atoms with Gasteiger partial charge in [-0.1, -0.05) is 6.92 Å². The molecule has 2 N–H and O–H groups in total. The number of hydrogen-bond donors (Lipinski definition) is 2. The van der Waals surface area contributed by atoms with Crippen molar-refractivity contribution in [2.24, 2.45) is 0 Å². The van der Waals surface area contributed by atoms with E-state index >= 15 is 0 Å². The zero-order chi connectivity index (χ0) is 13.8. The van der Waals surface area contributed by atoms with E-state index in [2.05, 4.69) is 9.97 Å². The van der Waals surface area contributed by atoms with Gasteiger partial charge in [-0.2, -0.15) is 0 Å². The van der Waals surface area contributed by atoms with Crippen LogP contribution in [0.3, 0.4) is 0 Å². The Kier molecular flexibility index (Phi) is 3.79. The molecule has 0 aliphatic heterocycles. The summed E-state index contributed by atoms with van der Waals surface area (Å²) in [5.74, 6) is -0.245. The highest BCUT2D eigenvalue weighted by molar-refractivity contribution is 5.22. The van der Waals surface area contributed by atoms with Crippen LogP contribution in [0.2, 0.25) is 0 Å². The number of aromatic amines is 1. The summed E-state index contributed by atoms with van der Waals surface area (Å²) in [4.78, 5) is 29.3. The minimum absolute atomic E-state index is 0.231. The molecular weight excluding hydrogens is 246 g/mol. The third kappa shape index (κ3) is 2.73. The van der Waals surface area contributed by atoms with Gasteiger partial charge in [0.05, 0.1) is 5.56 Å². The Balaban J connectivity index is 2.31. The lowest BCUT2D eigenvalue weighted by atomic mass is 10.2. The van der Waals surface area contributed by atoms with Gasteiger partial charge in [0, 0.05) is 18.9 Å². The van der Waals surface area contributed by atoms with Crippen LogP contribution in [0.15, 0.2) is 34.1 Å². The smallest absolute Gasteiger partial charge is 0.331 e. The van der Waals surface area contributed by atoms with Crippen molar-refractivity contribution in [3.63, 3.8) is 0 Å². The fraction of sp³-hybridized carbons (Fsp3) is 0.308. The summed E-state index contributed by atoms with van der Waals surface area (Å²) in [6, 6.07) is 3.68.